The Bertz CT molecular complexity index is 971. The van der Waals surface area contributed by atoms with Crippen LogP contribution in [0.1, 0.15) is 29.4 Å². The topological polar surface area (TPSA) is 51.2 Å². The van der Waals surface area contributed by atoms with Gasteiger partial charge >= 0.3 is 0 Å². The summed E-state index contributed by atoms with van der Waals surface area (Å²) in [5.74, 6) is -2.07. The quantitative estimate of drug-likeness (QED) is 0.604. The van der Waals surface area contributed by atoms with Crippen molar-refractivity contribution in [3.63, 3.8) is 0 Å². The first kappa shape index (κ1) is 19.9. The summed E-state index contributed by atoms with van der Waals surface area (Å²) >= 11 is 1.16. The van der Waals surface area contributed by atoms with Gasteiger partial charge in [-0.2, -0.15) is 0 Å². The summed E-state index contributed by atoms with van der Waals surface area (Å²) < 4.78 is 46.3. The third-order valence-electron chi connectivity index (χ3n) is 3.77. The SMILES string of the molecule is CCCNC(=O)c1csc(-c2ccc(OCc3cc(F)cc(F)c3)cc2F)n1. The van der Waals surface area contributed by atoms with E-state index in [-0.39, 0.29) is 29.5 Å². The molecule has 1 aromatic heterocycles. The summed E-state index contributed by atoms with van der Waals surface area (Å²) in [6.07, 6.45) is 0.807. The van der Waals surface area contributed by atoms with Crippen molar-refractivity contribution < 1.29 is 22.7 Å². The average Bonchev–Trinajstić information content (AvgIpc) is 3.13. The molecular formula is C20H17F3N2O2S. The Morgan fingerprint density at radius 1 is 1.14 bits per heavy atom. The molecule has 0 radical (unpaired) electrons. The second-order valence-electron chi connectivity index (χ2n) is 6.00. The Labute approximate surface area is 164 Å². The second-order valence-corrected chi connectivity index (χ2v) is 6.86. The third kappa shape index (κ3) is 4.89. The van der Waals surface area contributed by atoms with Crippen molar-refractivity contribution in [2.24, 2.45) is 0 Å². The first-order valence-corrected chi connectivity index (χ1v) is 9.45. The highest BCUT2D eigenvalue weighted by molar-refractivity contribution is 7.13. The number of benzene rings is 2. The zero-order valence-electron chi connectivity index (χ0n) is 15.0. The molecule has 0 atom stereocenters. The molecule has 0 spiro atoms. The molecule has 8 heteroatoms. The molecule has 2 aromatic carbocycles. The maximum Gasteiger partial charge on any atom is 0.270 e. The van der Waals surface area contributed by atoms with Gasteiger partial charge < -0.3 is 10.1 Å². The van der Waals surface area contributed by atoms with Gasteiger partial charge in [-0.15, -0.1) is 11.3 Å². The number of thiazole rings is 1. The van der Waals surface area contributed by atoms with E-state index in [1.807, 2.05) is 6.92 Å². The number of carbonyl (C=O) groups is 1. The largest absolute Gasteiger partial charge is 0.489 e. The van der Waals surface area contributed by atoms with Crippen LogP contribution >= 0.6 is 11.3 Å². The molecule has 3 aromatic rings. The number of hydrogen-bond donors (Lipinski definition) is 1. The van der Waals surface area contributed by atoms with Crippen LogP contribution < -0.4 is 10.1 Å². The van der Waals surface area contributed by atoms with E-state index < -0.39 is 17.5 Å². The molecule has 0 fully saturated rings. The van der Waals surface area contributed by atoms with Crippen molar-refractivity contribution >= 4 is 17.2 Å². The van der Waals surface area contributed by atoms with E-state index in [4.69, 9.17) is 4.74 Å². The van der Waals surface area contributed by atoms with E-state index in [1.54, 1.807) is 5.38 Å². The summed E-state index contributed by atoms with van der Waals surface area (Å²) in [5, 5.41) is 4.66. The molecule has 4 nitrogen and oxygen atoms in total. The van der Waals surface area contributed by atoms with Crippen LogP contribution in [0.2, 0.25) is 0 Å². The number of rotatable bonds is 7. The van der Waals surface area contributed by atoms with E-state index in [0.29, 0.717) is 17.1 Å². The van der Waals surface area contributed by atoms with Crippen LogP contribution in [0.3, 0.4) is 0 Å². The molecule has 0 aliphatic rings. The van der Waals surface area contributed by atoms with Crippen LogP contribution in [0.5, 0.6) is 5.75 Å². The molecule has 0 saturated heterocycles. The van der Waals surface area contributed by atoms with Crippen molar-refractivity contribution in [2.75, 3.05) is 6.54 Å². The molecule has 0 unspecified atom stereocenters. The van der Waals surface area contributed by atoms with Crippen LogP contribution in [-0.2, 0) is 6.61 Å². The highest BCUT2D eigenvalue weighted by Crippen LogP contribution is 2.29. The zero-order chi connectivity index (χ0) is 20.1. The smallest absolute Gasteiger partial charge is 0.270 e. The normalized spacial score (nSPS) is 10.7. The van der Waals surface area contributed by atoms with Gasteiger partial charge in [-0.1, -0.05) is 6.92 Å². The lowest BCUT2D eigenvalue weighted by atomic mass is 10.2. The van der Waals surface area contributed by atoms with Gasteiger partial charge in [0.05, 0.1) is 0 Å². The van der Waals surface area contributed by atoms with Gasteiger partial charge in [0.2, 0.25) is 0 Å². The number of carbonyl (C=O) groups excluding carboxylic acids is 1. The Hall–Kier alpha value is -2.87. The summed E-state index contributed by atoms with van der Waals surface area (Å²) in [5.41, 5.74) is 0.773. The maximum absolute atomic E-state index is 14.5. The molecule has 0 aliphatic carbocycles. The Kier molecular flexibility index (Phi) is 6.30. The number of aromatic nitrogens is 1. The summed E-state index contributed by atoms with van der Waals surface area (Å²) in [4.78, 5) is 16.1. The Morgan fingerprint density at radius 2 is 1.89 bits per heavy atom. The monoisotopic (exact) mass is 406 g/mol. The average molecular weight is 406 g/mol. The van der Waals surface area contributed by atoms with Crippen molar-refractivity contribution in [1.82, 2.24) is 10.3 Å². The second kappa shape index (κ2) is 8.88. The molecule has 1 heterocycles. The van der Waals surface area contributed by atoms with E-state index in [0.717, 1.165) is 36.0 Å². The molecule has 1 N–H and O–H groups in total. The standard InChI is InChI=1S/C20H17F3N2O2S/c1-2-5-24-19(26)18-11-28-20(25-18)16-4-3-15(9-17(16)23)27-10-12-6-13(21)8-14(22)7-12/h3-4,6-9,11H,2,5,10H2,1H3,(H,24,26). The van der Waals surface area contributed by atoms with Gasteiger partial charge in [0.1, 0.15) is 40.5 Å². The number of nitrogens with zero attached hydrogens (tertiary/aromatic N) is 1. The minimum atomic E-state index is -0.706. The zero-order valence-corrected chi connectivity index (χ0v) is 15.8. The molecular weight excluding hydrogens is 389 g/mol. The van der Waals surface area contributed by atoms with Gasteiger partial charge in [-0.05, 0) is 36.2 Å². The maximum atomic E-state index is 14.5. The van der Waals surface area contributed by atoms with Crippen molar-refractivity contribution in [3.05, 3.63) is 70.5 Å². The molecule has 0 bridgehead atoms. The summed E-state index contributed by atoms with van der Waals surface area (Å²) in [6.45, 7) is 2.38. The predicted molar refractivity (Wildman–Crippen MR) is 101 cm³/mol. The van der Waals surface area contributed by atoms with Gasteiger partial charge in [-0.3, -0.25) is 4.79 Å². The van der Waals surface area contributed by atoms with Crippen LogP contribution in [0, 0.1) is 17.5 Å². The highest BCUT2D eigenvalue weighted by Gasteiger charge is 2.15. The van der Waals surface area contributed by atoms with Gasteiger partial charge in [0, 0.05) is 29.6 Å². The summed E-state index contributed by atoms with van der Waals surface area (Å²) in [7, 11) is 0. The molecule has 28 heavy (non-hydrogen) atoms. The van der Waals surface area contributed by atoms with Crippen molar-refractivity contribution in [2.45, 2.75) is 20.0 Å². The van der Waals surface area contributed by atoms with Crippen molar-refractivity contribution in [1.29, 1.82) is 0 Å². The highest BCUT2D eigenvalue weighted by atomic mass is 32.1. The van der Waals surface area contributed by atoms with Crippen LogP contribution in [0.15, 0.2) is 41.8 Å². The van der Waals surface area contributed by atoms with Crippen LogP contribution in [-0.4, -0.2) is 17.4 Å². The molecule has 1 amide bonds. The molecule has 3 rings (SSSR count). The fourth-order valence-electron chi connectivity index (χ4n) is 2.45. The fourth-order valence-corrected chi connectivity index (χ4v) is 3.28. The number of hydrogen-bond acceptors (Lipinski definition) is 4. The van der Waals surface area contributed by atoms with E-state index >= 15 is 0 Å². The first-order valence-electron chi connectivity index (χ1n) is 8.57. The van der Waals surface area contributed by atoms with Crippen LogP contribution in [0.25, 0.3) is 10.6 Å². The third-order valence-corrected chi connectivity index (χ3v) is 4.65. The minimum Gasteiger partial charge on any atom is -0.489 e. The first-order chi connectivity index (χ1) is 13.5. The number of nitrogens with one attached hydrogen (secondary N) is 1. The Morgan fingerprint density at radius 3 is 2.57 bits per heavy atom. The number of halogens is 3. The number of amides is 1. The lowest BCUT2D eigenvalue weighted by Crippen LogP contribution is -2.24. The minimum absolute atomic E-state index is 0.105. The van der Waals surface area contributed by atoms with Crippen molar-refractivity contribution in [3.8, 4) is 16.3 Å². The van der Waals surface area contributed by atoms with Crippen LogP contribution in [0.4, 0.5) is 13.2 Å². The van der Waals surface area contributed by atoms with Gasteiger partial charge in [0.15, 0.2) is 0 Å². The lowest BCUT2D eigenvalue weighted by molar-refractivity contribution is 0.0949. The number of ether oxygens (including phenoxy) is 1. The molecule has 0 saturated carbocycles. The van der Waals surface area contributed by atoms with E-state index in [1.165, 1.54) is 18.2 Å². The molecule has 0 aliphatic heterocycles. The lowest BCUT2D eigenvalue weighted by Gasteiger charge is -2.08. The van der Waals surface area contributed by atoms with Gasteiger partial charge in [-0.25, -0.2) is 18.2 Å². The van der Waals surface area contributed by atoms with E-state index in [9.17, 15) is 18.0 Å². The fraction of sp³-hybridized carbons (Fsp3) is 0.200. The predicted octanol–water partition coefficient (Wildman–Crippen LogP) is 4.95. The van der Waals surface area contributed by atoms with Gasteiger partial charge in [0.25, 0.3) is 5.91 Å². The van der Waals surface area contributed by atoms with E-state index in [2.05, 4.69) is 10.3 Å². The Balaban J connectivity index is 1.70. The summed E-state index contributed by atoms with van der Waals surface area (Å²) in [6, 6.07) is 7.25. The molecule has 146 valence electrons.